The van der Waals surface area contributed by atoms with Crippen LogP contribution in [0.4, 0.5) is 0 Å². The van der Waals surface area contributed by atoms with E-state index in [2.05, 4.69) is 10.6 Å². The number of halogens is 1. The van der Waals surface area contributed by atoms with Gasteiger partial charge in [0.25, 0.3) is 0 Å². The van der Waals surface area contributed by atoms with E-state index in [1.54, 1.807) is 19.1 Å². The minimum atomic E-state index is -0.582. The molecule has 2 rings (SSSR count). The molecule has 0 saturated heterocycles. The molecule has 0 bridgehead atoms. The number of hydrogen-bond acceptors (Lipinski definition) is 4. The number of ether oxygens (including phenoxy) is 2. The summed E-state index contributed by atoms with van der Waals surface area (Å²) in [6, 6.07) is 2.83. The molecule has 0 aromatic heterocycles. The minimum absolute atomic E-state index is 0.113. The van der Waals surface area contributed by atoms with Crippen molar-refractivity contribution in [1.82, 2.24) is 10.6 Å². The molecular formula is C16H21ClN2O4. The third kappa shape index (κ3) is 4.76. The summed E-state index contributed by atoms with van der Waals surface area (Å²) in [6.07, 6.45) is 0.962. The molecule has 6 nitrogen and oxygen atoms in total. The molecule has 1 heterocycles. The zero-order valence-corrected chi connectivity index (χ0v) is 14.0. The van der Waals surface area contributed by atoms with Gasteiger partial charge in [0.05, 0.1) is 11.4 Å². The molecule has 0 saturated carbocycles. The molecule has 1 aromatic carbocycles. The molecule has 1 atom stereocenters. The van der Waals surface area contributed by atoms with Crippen LogP contribution in [0.25, 0.3) is 0 Å². The highest BCUT2D eigenvalue weighted by Crippen LogP contribution is 2.38. The summed E-state index contributed by atoms with van der Waals surface area (Å²) < 4.78 is 10.9. The zero-order valence-electron chi connectivity index (χ0n) is 13.3. The maximum atomic E-state index is 12.1. The highest BCUT2D eigenvalue weighted by Gasteiger charge is 2.19. The number of fused-ring (bicyclic) bond motifs is 1. The lowest BCUT2D eigenvalue weighted by Gasteiger charge is -2.20. The van der Waals surface area contributed by atoms with Crippen LogP contribution in [0.1, 0.15) is 25.8 Å². The molecule has 1 unspecified atom stereocenters. The molecule has 2 N–H and O–H groups in total. The van der Waals surface area contributed by atoms with Gasteiger partial charge in [-0.25, -0.2) is 0 Å². The van der Waals surface area contributed by atoms with Gasteiger partial charge in [0.15, 0.2) is 11.5 Å². The second kappa shape index (κ2) is 8.06. The lowest BCUT2D eigenvalue weighted by atomic mass is 10.1. The summed E-state index contributed by atoms with van der Waals surface area (Å²) in [5.74, 6) is 0.604. The summed E-state index contributed by atoms with van der Waals surface area (Å²) in [7, 11) is 0. The number of benzene rings is 1. The molecule has 0 spiro atoms. The summed E-state index contributed by atoms with van der Waals surface area (Å²) in [5, 5.41) is 5.83. The summed E-state index contributed by atoms with van der Waals surface area (Å²) >= 11 is 6.14. The lowest BCUT2D eigenvalue weighted by Crippen LogP contribution is -2.45. The van der Waals surface area contributed by atoms with Gasteiger partial charge in [0.2, 0.25) is 11.8 Å². The largest absolute Gasteiger partial charge is 0.486 e. The number of hydrogen-bond donors (Lipinski definition) is 2. The van der Waals surface area contributed by atoms with Crippen molar-refractivity contribution < 1.29 is 19.1 Å². The number of nitrogens with one attached hydrogen (secondary N) is 2. The topological polar surface area (TPSA) is 76.7 Å². The Hall–Kier alpha value is -1.95. The first kappa shape index (κ1) is 17.4. The van der Waals surface area contributed by atoms with Gasteiger partial charge in [-0.1, -0.05) is 18.5 Å². The van der Waals surface area contributed by atoms with Gasteiger partial charge >= 0.3 is 0 Å². The first-order valence-electron chi connectivity index (χ1n) is 7.66. The predicted octanol–water partition coefficient (Wildman–Crippen LogP) is 1.68. The fourth-order valence-electron chi connectivity index (χ4n) is 2.21. The standard InChI is InChI=1S/C16H21ClN2O4/c1-3-4-18-16(21)10(2)19-14(20)9-11-7-12(17)15-13(8-11)22-5-6-23-15/h7-8,10H,3-6,9H2,1-2H3,(H,18,21)(H,19,20). The highest BCUT2D eigenvalue weighted by atomic mass is 35.5. The van der Waals surface area contributed by atoms with E-state index in [-0.39, 0.29) is 18.2 Å². The predicted molar refractivity (Wildman–Crippen MR) is 87.1 cm³/mol. The molecule has 1 aromatic rings. The molecule has 0 radical (unpaired) electrons. The molecule has 0 fully saturated rings. The molecular weight excluding hydrogens is 320 g/mol. The van der Waals surface area contributed by atoms with Gasteiger partial charge in [-0.3, -0.25) is 9.59 Å². The number of carbonyl (C=O) groups is 2. The normalized spacial score (nSPS) is 14.0. The Morgan fingerprint density at radius 3 is 2.78 bits per heavy atom. The van der Waals surface area contributed by atoms with Gasteiger partial charge in [0, 0.05) is 6.54 Å². The van der Waals surface area contributed by atoms with E-state index >= 15 is 0 Å². The highest BCUT2D eigenvalue weighted by molar-refractivity contribution is 6.32. The molecule has 1 aliphatic rings. The van der Waals surface area contributed by atoms with Crippen molar-refractivity contribution >= 4 is 23.4 Å². The quantitative estimate of drug-likeness (QED) is 0.826. The molecule has 2 amide bonds. The van der Waals surface area contributed by atoms with E-state index in [1.807, 2.05) is 6.92 Å². The third-order valence-electron chi connectivity index (χ3n) is 3.34. The maximum Gasteiger partial charge on any atom is 0.242 e. The first-order valence-corrected chi connectivity index (χ1v) is 8.04. The Balaban J connectivity index is 1.95. The summed E-state index contributed by atoms with van der Waals surface area (Å²) in [5.41, 5.74) is 0.706. The SMILES string of the molecule is CCCNC(=O)C(C)NC(=O)Cc1cc(Cl)c2c(c1)OCCO2. The van der Waals surface area contributed by atoms with E-state index in [1.165, 1.54) is 0 Å². The van der Waals surface area contributed by atoms with Crippen molar-refractivity contribution in [2.75, 3.05) is 19.8 Å². The van der Waals surface area contributed by atoms with Crippen molar-refractivity contribution in [1.29, 1.82) is 0 Å². The minimum Gasteiger partial charge on any atom is -0.486 e. The second-order valence-electron chi connectivity index (χ2n) is 5.36. The van der Waals surface area contributed by atoms with Crippen LogP contribution in [0.5, 0.6) is 11.5 Å². The van der Waals surface area contributed by atoms with Crippen LogP contribution in [0.15, 0.2) is 12.1 Å². The van der Waals surface area contributed by atoms with Gasteiger partial charge in [-0.2, -0.15) is 0 Å². The monoisotopic (exact) mass is 340 g/mol. The lowest BCUT2D eigenvalue weighted by molar-refractivity contribution is -0.128. The smallest absolute Gasteiger partial charge is 0.242 e. The van der Waals surface area contributed by atoms with E-state index in [0.29, 0.717) is 41.8 Å². The van der Waals surface area contributed by atoms with Gasteiger partial charge in [-0.15, -0.1) is 0 Å². The van der Waals surface area contributed by atoms with Crippen LogP contribution in [0, 0.1) is 0 Å². The van der Waals surface area contributed by atoms with Crippen molar-refractivity contribution in [2.24, 2.45) is 0 Å². The van der Waals surface area contributed by atoms with Gasteiger partial charge < -0.3 is 20.1 Å². The Kier molecular flexibility index (Phi) is 6.10. The van der Waals surface area contributed by atoms with Crippen LogP contribution < -0.4 is 20.1 Å². The molecule has 1 aliphatic heterocycles. The van der Waals surface area contributed by atoms with Crippen molar-refractivity contribution in [2.45, 2.75) is 32.7 Å². The molecule has 0 aliphatic carbocycles. The van der Waals surface area contributed by atoms with Crippen LogP contribution in [-0.4, -0.2) is 37.6 Å². The number of amides is 2. The average Bonchev–Trinajstić information content (AvgIpc) is 2.52. The first-order chi connectivity index (χ1) is 11.0. The van der Waals surface area contributed by atoms with E-state index < -0.39 is 6.04 Å². The molecule has 7 heteroatoms. The van der Waals surface area contributed by atoms with Crippen molar-refractivity contribution in [3.8, 4) is 11.5 Å². The number of rotatable bonds is 6. The average molecular weight is 341 g/mol. The van der Waals surface area contributed by atoms with Gasteiger partial charge in [0.1, 0.15) is 19.3 Å². The Labute approximate surface area is 140 Å². The Bertz CT molecular complexity index is 592. The third-order valence-corrected chi connectivity index (χ3v) is 3.62. The maximum absolute atomic E-state index is 12.1. The van der Waals surface area contributed by atoms with Gasteiger partial charge in [-0.05, 0) is 31.0 Å². The molecule has 126 valence electrons. The van der Waals surface area contributed by atoms with E-state index in [4.69, 9.17) is 21.1 Å². The van der Waals surface area contributed by atoms with E-state index in [9.17, 15) is 9.59 Å². The zero-order chi connectivity index (χ0) is 16.8. The summed E-state index contributed by atoms with van der Waals surface area (Å²) in [6.45, 7) is 5.12. The molecule has 23 heavy (non-hydrogen) atoms. The van der Waals surface area contributed by atoms with Crippen LogP contribution in [-0.2, 0) is 16.0 Å². The fourth-order valence-corrected chi connectivity index (χ4v) is 2.50. The van der Waals surface area contributed by atoms with Crippen molar-refractivity contribution in [3.05, 3.63) is 22.7 Å². The van der Waals surface area contributed by atoms with Crippen LogP contribution in [0.3, 0.4) is 0 Å². The summed E-state index contributed by atoms with van der Waals surface area (Å²) in [4.78, 5) is 23.8. The van der Waals surface area contributed by atoms with Crippen LogP contribution >= 0.6 is 11.6 Å². The van der Waals surface area contributed by atoms with Crippen molar-refractivity contribution in [3.63, 3.8) is 0 Å². The fraction of sp³-hybridized carbons (Fsp3) is 0.500. The second-order valence-corrected chi connectivity index (χ2v) is 5.77. The van der Waals surface area contributed by atoms with E-state index in [0.717, 1.165) is 6.42 Å². The Morgan fingerprint density at radius 1 is 1.30 bits per heavy atom. The Morgan fingerprint density at radius 2 is 2.04 bits per heavy atom. The number of carbonyl (C=O) groups excluding carboxylic acids is 2. The van der Waals surface area contributed by atoms with Crippen LogP contribution in [0.2, 0.25) is 5.02 Å².